The van der Waals surface area contributed by atoms with Gasteiger partial charge in [-0.05, 0) is 51.0 Å². The third kappa shape index (κ3) is 4.30. The normalized spacial score (nSPS) is 17.5. The SMILES string of the molecule is CCOc1cc(/C=C2\SC(=S)N(CC)C2=O)ccc1O[C@@H](C)CC. The molecule has 0 spiro atoms. The minimum Gasteiger partial charge on any atom is -0.490 e. The first-order valence-corrected chi connectivity index (χ1v) is 9.41. The van der Waals surface area contributed by atoms with Crippen LogP contribution in [0.5, 0.6) is 11.5 Å². The summed E-state index contributed by atoms with van der Waals surface area (Å²) in [4.78, 5) is 14.6. The van der Waals surface area contributed by atoms with Crippen molar-refractivity contribution in [1.29, 1.82) is 0 Å². The highest BCUT2D eigenvalue weighted by molar-refractivity contribution is 8.26. The number of hydrogen-bond donors (Lipinski definition) is 0. The second kappa shape index (κ2) is 8.53. The van der Waals surface area contributed by atoms with Crippen molar-refractivity contribution in [2.45, 2.75) is 40.2 Å². The standard InChI is InChI=1S/C18H23NO3S2/c1-5-12(4)22-14-9-8-13(10-15(14)21-7-3)11-16-17(20)19(6-2)18(23)24-16/h8-12H,5-7H2,1-4H3/b16-11-/t12-/m0/s1. The second-order valence-electron chi connectivity index (χ2n) is 5.40. The van der Waals surface area contributed by atoms with Crippen LogP contribution in [0.4, 0.5) is 0 Å². The smallest absolute Gasteiger partial charge is 0.266 e. The summed E-state index contributed by atoms with van der Waals surface area (Å²) in [5.74, 6) is 1.38. The lowest BCUT2D eigenvalue weighted by Crippen LogP contribution is -2.27. The Bertz CT molecular complexity index is 658. The van der Waals surface area contributed by atoms with Gasteiger partial charge in [0, 0.05) is 6.54 Å². The number of amides is 1. The van der Waals surface area contributed by atoms with Crippen molar-refractivity contribution in [2.75, 3.05) is 13.2 Å². The molecule has 0 bridgehead atoms. The second-order valence-corrected chi connectivity index (χ2v) is 7.08. The Morgan fingerprint density at radius 2 is 2.04 bits per heavy atom. The van der Waals surface area contributed by atoms with Gasteiger partial charge in [0.2, 0.25) is 0 Å². The quantitative estimate of drug-likeness (QED) is 0.526. The minimum absolute atomic E-state index is 0.0367. The fraction of sp³-hybridized carbons (Fsp3) is 0.444. The number of thiocarbonyl (C=S) groups is 1. The summed E-state index contributed by atoms with van der Waals surface area (Å²) < 4.78 is 12.2. The molecule has 0 aromatic heterocycles. The molecule has 1 amide bonds. The van der Waals surface area contributed by atoms with Gasteiger partial charge in [-0.1, -0.05) is 37.0 Å². The number of carbonyl (C=O) groups excluding carboxylic acids is 1. The van der Waals surface area contributed by atoms with Gasteiger partial charge in [-0.25, -0.2) is 0 Å². The first kappa shape index (κ1) is 18.8. The van der Waals surface area contributed by atoms with E-state index in [-0.39, 0.29) is 12.0 Å². The van der Waals surface area contributed by atoms with Crippen LogP contribution < -0.4 is 9.47 Å². The number of nitrogens with zero attached hydrogens (tertiary/aromatic N) is 1. The van der Waals surface area contributed by atoms with Gasteiger partial charge in [0.15, 0.2) is 11.5 Å². The molecule has 1 aliphatic heterocycles. The van der Waals surface area contributed by atoms with Crippen LogP contribution in [0.25, 0.3) is 6.08 Å². The first-order chi connectivity index (χ1) is 11.5. The Labute approximate surface area is 153 Å². The molecule has 130 valence electrons. The number of carbonyl (C=O) groups is 1. The molecule has 1 aliphatic rings. The highest BCUT2D eigenvalue weighted by Gasteiger charge is 2.30. The summed E-state index contributed by atoms with van der Waals surface area (Å²) in [6.45, 7) is 9.11. The molecule has 0 saturated carbocycles. The van der Waals surface area contributed by atoms with Crippen molar-refractivity contribution in [3.8, 4) is 11.5 Å². The average Bonchev–Trinajstić information content (AvgIpc) is 2.83. The van der Waals surface area contributed by atoms with Crippen molar-refractivity contribution in [3.05, 3.63) is 28.7 Å². The van der Waals surface area contributed by atoms with Crippen molar-refractivity contribution in [1.82, 2.24) is 4.90 Å². The average molecular weight is 366 g/mol. The molecule has 0 N–H and O–H groups in total. The van der Waals surface area contributed by atoms with E-state index in [4.69, 9.17) is 21.7 Å². The van der Waals surface area contributed by atoms with Gasteiger partial charge in [0.25, 0.3) is 5.91 Å². The molecular formula is C18H23NO3S2. The predicted octanol–water partition coefficient (Wildman–Crippen LogP) is 4.48. The summed E-state index contributed by atoms with van der Waals surface area (Å²) >= 11 is 6.58. The van der Waals surface area contributed by atoms with E-state index in [1.807, 2.05) is 45.0 Å². The van der Waals surface area contributed by atoms with Gasteiger partial charge >= 0.3 is 0 Å². The number of benzene rings is 1. The number of likely N-dealkylation sites (N-methyl/N-ethyl adjacent to an activating group) is 1. The van der Waals surface area contributed by atoms with Gasteiger partial charge in [0.05, 0.1) is 17.6 Å². The van der Waals surface area contributed by atoms with Gasteiger partial charge < -0.3 is 9.47 Å². The van der Waals surface area contributed by atoms with Crippen LogP contribution in [0, 0.1) is 0 Å². The summed E-state index contributed by atoms with van der Waals surface area (Å²) in [5.41, 5.74) is 0.895. The molecule has 0 aliphatic carbocycles. The van der Waals surface area contributed by atoms with Crippen molar-refractivity contribution >= 4 is 40.3 Å². The summed E-state index contributed by atoms with van der Waals surface area (Å²) in [5, 5.41) is 0. The zero-order valence-corrected chi connectivity index (χ0v) is 16.1. The first-order valence-electron chi connectivity index (χ1n) is 8.18. The van der Waals surface area contributed by atoms with Crippen molar-refractivity contribution < 1.29 is 14.3 Å². The van der Waals surface area contributed by atoms with Gasteiger partial charge in [-0.3, -0.25) is 9.69 Å². The fourth-order valence-electron chi connectivity index (χ4n) is 2.20. The zero-order chi connectivity index (χ0) is 17.7. The van der Waals surface area contributed by atoms with Crippen molar-refractivity contribution in [2.24, 2.45) is 0 Å². The molecule has 2 rings (SSSR count). The predicted molar refractivity (Wildman–Crippen MR) is 104 cm³/mol. The van der Waals surface area contributed by atoms with Crippen molar-refractivity contribution in [3.63, 3.8) is 0 Å². The molecule has 24 heavy (non-hydrogen) atoms. The highest BCUT2D eigenvalue weighted by Crippen LogP contribution is 2.35. The molecule has 1 heterocycles. The van der Waals surface area contributed by atoms with Crippen LogP contribution in [0.3, 0.4) is 0 Å². The Morgan fingerprint density at radius 1 is 1.29 bits per heavy atom. The van der Waals surface area contributed by atoms with E-state index in [0.717, 1.165) is 17.7 Å². The lowest BCUT2D eigenvalue weighted by atomic mass is 10.1. The number of thioether (sulfide) groups is 1. The van der Waals surface area contributed by atoms with E-state index in [0.29, 0.717) is 28.1 Å². The van der Waals surface area contributed by atoms with E-state index in [2.05, 4.69) is 6.92 Å². The van der Waals surface area contributed by atoms with E-state index in [1.165, 1.54) is 11.8 Å². The third-order valence-electron chi connectivity index (χ3n) is 3.66. The van der Waals surface area contributed by atoms with Crippen LogP contribution in [0.15, 0.2) is 23.1 Å². The monoisotopic (exact) mass is 365 g/mol. The maximum Gasteiger partial charge on any atom is 0.266 e. The molecule has 1 fully saturated rings. The Kier molecular flexibility index (Phi) is 6.69. The Balaban J connectivity index is 2.28. The number of hydrogen-bond acceptors (Lipinski definition) is 5. The van der Waals surface area contributed by atoms with Crippen LogP contribution in [-0.2, 0) is 4.79 Å². The third-order valence-corrected chi connectivity index (χ3v) is 5.04. The van der Waals surface area contributed by atoms with Gasteiger partial charge in [0.1, 0.15) is 4.32 Å². The fourth-order valence-corrected chi connectivity index (χ4v) is 3.59. The molecule has 1 aromatic carbocycles. The maximum atomic E-state index is 12.3. The van der Waals surface area contributed by atoms with Crippen LogP contribution in [0.1, 0.15) is 39.7 Å². The molecule has 6 heteroatoms. The molecule has 0 unspecified atom stereocenters. The molecule has 1 atom stereocenters. The molecular weight excluding hydrogens is 342 g/mol. The van der Waals surface area contributed by atoms with Crippen LogP contribution >= 0.6 is 24.0 Å². The van der Waals surface area contributed by atoms with E-state index < -0.39 is 0 Å². The van der Waals surface area contributed by atoms with E-state index in [1.54, 1.807) is 4.90 Å². The minimum atomic E-state index is -0.0367. The zero-order valence-electron chi connectivity index (χ0n) is 14.5. The lowest BCUT2D eigenvalue weighted by Gasteiger charge is -2.16. The summed E-state index contributed by atoms with van der Waals surface area (Å²) in [7, 11) is 0. The van der Waals surface area contributed by atoms with Gasteiger partial charge in [-0.15, -0.1) is 0 Å². The molecule has 0 radical (unpaired) electrons. The Morgan fingerprint density at radius 3 is 2.62 bits per heavy atom. The van der Waals surface area contributed by atoms with E-state index >= 15 is 0 Å². The number of rotatable bonds is 7. The van der Waals surface area contributed by atoms with E-state index in [9.17, 15) is 4.79 Å². The van der Waals surface area contributed by atoms with Gasteiger partial charge in [-0.2, -0.15) is 0 Å². The van der Waals surface area contributed by atoms with Crippen LogP contribution in [-0.4, -0.2) is 34.4 Å². The number of ether oxygens (including phenoxy) is 2. The van der Waals surface area contributed by atoms with Crippen LogP contribution in [0.2, 0.25) is 0 Å². The molecule has 1 saturated heterocycles. The maximum absolute atomic E-state index is 12.3. The largest absolute Gasteiger partial charge is 0.490 e. The molecule has 4 nitrogen and oxygen atoms in total. The highest BCUT2D eigenvalue weighted by atomic mass is 32.2. The summed E-state index contributed by atoms with van der Waals surface area (Å²) in [6, 6.07) is 5.72. The Hall–Kier alpha value is -1.53. The topological polar surface area (TPSA) is 38.8 Å². The lowest BCUT2D eigenvalue weighted by molar-refractivity contribution is -0.121. The molecule has 1 aromatic rings. The summed E-state index contributed by atoms with van der Waals surface area (Å²) in [6.07, 6.45) is 2.90.